The molecule has 0 aliphatic carbocycles. The minimum atomic E-state index is 0.206. The number of nitrogens with one attached hydrogen (secondary N) is 1. The van der Waals surface area contributed by atoms with Crippen LogP contribution in [0.25, 0.3) is 0 Å². The smallest absolute Gasteiger partial charge is 0.0584 e. The first-order valence-electron chi connectivity index (χ1n) is 4.92. The minimum Gasteiger partial charge on any atom is -0.395 e. The van der Waals surface area contributed by atoms with E-state index in [0.717, 1.165) is 16.6 Å². The first-order valence-corrected chi connectivity index (χ1v) is 6.70. The maximum atomic E-state index is 8.98. The van der Waals surface area contributed by atoms with Crippen molar-refractivity contribution in [1.82, 2.24) is 5.32 Å². The van der Waals surface area contributed by atoms with Gasteiger partial charge in [-0.3, -0.25) is 0 Å². The summed E-state index contributed by atoms with van der Waals surface area (Å²) in [5.41, 5.74) is 0. The summed E-state index contributed by atoms with van der Waals surface area (Å²) in [4.78, 5) is 1.27. The van der Waals surface area contributed by atoms with Gasteiger partial charge in [0.15, 0.2) is 0 Å². The van der Waals surface area contributed by atoms with Gasteiger partial charge < -0.3 is 10.4 Å². The summed E-state index contributed by atoms with van der Waals surface area (Å²) < 4.78 is 1.11. The molecule has 0 aliphatic heterocycles. The topological polar surface area (TPSA) is 32.3 Å². The molecule has 0 saturated carbocycles. The van der Waals surface area contributed by atoms with Gasteiger partial charge in [0.1, 0.15) is 0 Å². The zero-order chi connectivity index (χ0) is 11.1. The van der Waals surface area contributed by atoms with Crippen molar-refractivity contribution in [3.63, 3.8) is 0 Å². The van der Waals surface area contributed by atoms with Crippen LogP contribution in [0.4, 0.5) is 0 Å². The fourth-order valence-corrected chi connectivity index (χ4v) is 2.41. The molecule has 0 bridgehead atoms. The Balaban J connectivity index is 2.28. The number of benzene rings is 1. The standard InChI is InChI=1S/C11H16BrNOS/c1-13-10(8-14)6-7-15-11-4-2-9(12)3-5-11/h2-5,10,13-14H,6-8H2,1H3. The molecule has 0 spiro atoms. The second kappa shape index (κ2) is 7.28. The van der Waals surface area contributed by atoms with Crippen LogP contribution in [-0.4, -0.2) is 30.6 Å². The van der Waals surface area contributed by atoms with Crippen molar-refractivity contribution in [2.45, 2.75) is 17.4 Å². The molecule has 0 aromatic heterocycles. The molecule has 2 nitrogen and oxygen atoms in total. The van der Waals surface area contributed by atoms with Crippen LogP contribution in [0.5, 0.6) is 0 Å². The number of aliphatic hydroxyl groups excluding tert-OH is 1. The van der Waals surface area contributed by atoms with E-state index in [9.17, 15) is 0 Å². The Morgan fingerprint density at radius 3 is 2.60 bits per heavy atom. The number of rotatable bonds is 6. The summed E-state index contributed by atoms with van der Waals surface area (Å²) in [6.07, 6.45) is 0.980. The van der Waals surface area contributed by atoms with E-state index in [4.69, 9.17) is 5.11 Å². The van der Waals surface area contributed by atoms with Gasteiger partial charge in [0.2, 0.25) is 0 Å². The molecule has 0 fully saturated rings. The number of aliphatic hydroxyl groups is 1. The third-order valence-corrected chi connectivity index (χ3v) is 3.75. The average molecular weight is 290 g/mol. The van der Waals surface area contributed by atoms with Gasteiger partial charge in [-0.05, 0) is 43.5 Å². The van der Waals surface area contributed by atoms with Gasteiger partial charge in [-0.1, -0.05) is 15.9 Å². The van der Waals surface area contributed by atoms with Crippen LogP contribution in [0.1, 0.15) is 6.42 Å². The van der Waals surface area contributed by atoms with Crippen LogP contribution >= 0.6 is 27.7 Å². The van der Waals surface area contributed by atoms with E-state index >= 15 is 0 Å². The SMILES string of the molecule is CNC(CO)CCSc1ccc(Br)cc1. The maximum Gasteiger partial charge on any atom is 0.0584 e. The van der Waals surface area contributed by atoms with E-state index < -0.39 is 0 Å². The molecule has 4 heteroatoms. The Labute approximate surface area is 104 Å². The minimum absolute atomic E-state index is 0.206. The highest BCUT2D eigenvalue weighted by Gasteiger charge is 2.03. The van der Waals surface area contributed by atoms with Crippen LogP contribution in [0.15, 0.2) is 33.6 Å². The van der Waals surface area contributed by atoms with E-state index in [-0.39, 0.29) is 12.6 Å². The van der Waals surface area contributed by atoms with Crippen LogP contribution in [-0.2, 0) is 0 Å². The van der Waals surface area contributed by atoms with Crippen molar-refractivity contribution in [2.24, 2.45) is 0 Å². The van der Waals surface area contributed by atoms with E-state index in [2.05, 4.69) is 33.4 Å². The molecule has 0 amide bonds. The van der Waals surface area contributed by atoms with E-state index in [0.29, 0.717) is 0 Å². The molecule has 0 saturated heterocycles. The van der Waals surface area contributed by atoms with Gasteiger partial charge in [-0.25, -0.2) is 0 Å². The Bertz CT molecular complexity index is 274. The van der Waals surface area contributed by atoms with Gasteiger partial charge in [-0.2, -0.15) is 0 Å². The van der Waals surface area contributed by atoms with Crippen molar-refractivity contribution >= 4 is 27.7 Å². The summed E-state index contributed by atoms with van der Waals surface area (Å²) >= 11 is 5.22. The first kappa shape index (κ1) is 13.0. The Kier molecular flexibility index (Phi) is 6.32. The van der Waals surface area contributed by atoms with Crippen molar-refractivity contribution < 1.29 is 5.11 Å². The second-order valence-corrected chi connectivity index (χ2v) is 5.34. The summed E-state index contributed by atoms with van der Waals surface area (Å²) in [5, 5.41) is 12.1. The maximum absolute atomic E-state index is 8.98. The molecule has 1 unspecified atom stereocenters. The van der Waals surface area contributed by atoms with Crippen LogP contribution in [0.2, 0.25) is 0 Å². The van der Waals surface area contributed by atoms with E-state index in [1.54, 1.807) is 0 Å². The summed E-state index contributed by atoms with van der Waals surface area (Å²) in [6.45, 7) is 0.206. The number of hydrogen-bond acceptors (Lipinski definition) is 3. The highest BCUT2D eigenvalue weighted by Crippen LogP contribution is 2.21. The zero-order valence-corrected chi connectivity index (χ0v) is 11.1. The van der Waals surface area contributed by atoms with Gasteiger partial charge in [0, 0.05) is 15.4 Å². The summed E-state index contributed by atoms with van der Waals surface area (Å²) in [6, 6.07) is 8.51. The molecule has 2 N–H and O–H groups in total. The molecule has 15 heavy (non-hydrogen) atoms. The number of hydrogen-bond donors (Lipinski definition) is 2. The van der Waals surface area contributed by atoms with Crippen molar-refractivity contribution in [1.29, 1.82) is 0 Å². The van der Waals surface area contributed by atoms with Crippen molar-refractivity contribution in [3.8, 4) is 0 Å². The molecular formula is C11H16BrNOS. The molecule has 84 valence electrons. The van der Waals surface area contributed by atoms with Crippen LogP contribution < -0.4 is 5.32 Å². The van der Waals surface area contributed by atoms with E-state index in [1.807, 2.05) is 30.9 Å². The molecule has 0 radical (unpaired) electrons. The zero-order valence-electron chi connectivity index (χ0n) is 8.74. The van der Waals surface area contributed by atoms with Crippen molar-refractivity contribution in [3.05, 3.63) is 28.7 Å². The van der Waals surface area contributed by atoms with Crippen LogP contribution in [0, 0.1) is 0 Å². The highest BCUT2D eigenvalue weighted by atomic mass is 79.9. The molecule has 1 aromatic carbocycles. The van der Waals surface area contributed by atoms with Gasteiger partial charge >= 0.3 is 0 Å². The number of halogens is 1. The summed E-state index contributed by atoms with van der Waals surface area (Å²) in [5.74, 6) is 1.02. The molecule has 0 heterocycles. The fourth-order valence-electron chi connectivity index (χ4n) is 1.18. The van der Waals surface area contributed by atoms with Gasteiger partial charge in [0.25, 0.3) is 0 Å². The molecule has 1 aromatic rings. The fraction of sp³-hybridized carbons (Fsp3) is 0.455. The normalized spacial score (nSPS) is 12.7. The predicted octanol–water partition coefficient (Wildman–Crippen LogP) is 2.51. The monoisotopic (exact) mass is 289 g/mol. The molecule has 1 atom stereocenters. The lowest BCUT2D eigenvalue weighted by molar-refractivity contribution is 0.246. The quantitative estimate of drug-likeness (QED) is 0.790. The Hall–Kier alpha value is -0.0300. The third kappa shape index (κ3) is 5.02. The van der Waals surface area contributed by atoms with Crippen molar-refractivity contribution in [2.75, 3.05) is 19.4 Å². The third-order valence-electron chi connectivity index (χ3n) is 2.18. The second-order valence-electron chi connectivity index (χ2n) is 3.26. The predicted molar refractivity (Wildman–Crippen MR) is 69.4 cm³/mol. The largest absolute Gasteiger partial charge is 0.395 e. The van der Waals surface area contributed by atoms with Crippen LogP contribution in [0.3, 0.4) is 0 Å². The van der Waals surface area contributed by atoms with Gasteiger partial charge in [-0.15, -0.1) is 11.8 Å². The molecule has 1 rings (SSSR count). The lowest BCUT2D eigenvalue weighted by atomic mass is 10.2. The lowest BCUT2D eigenvalue weighted by Crippen LogP contribution is -2.29. The lowest BCUT2D eigenvalue weighted by Gasteiger charge is -2.12. The Morgan fingerprint density at radius 1 is 1.40 bits per heavy atom. The number of thioether (sulfide) groups is 1. The highest BCUT2D eigenvalue weighted by molar-refractivity contribution is 9.10. The summed E-state index contributed by atoms with van der Waals surface area (Å²) in [7, 11) is 1.88. The molecular weight excluding hydrogens is 274 g/mol. The van der Waals surface area contributed by atoms with E-state index in [1.165, 1.54) is 4.90 Å². The average Bonchev–Trinajstić information content (AvgIpc) is 2.27. The Morgan fingerprint density at radius 2 is 2.07 bits per heavy atom. The van der Waals surface area contributed by atoms with Gasteiger partial charge in [0.05, 0.1) is 6.61 Å². The molecule has 0 aliphatic rings. The number of likely N-dealkylation sites (N-methyl/N-ethyl adjacent to an activating group) is 1. The first-order chi connectivity index (χ1) is 7.26.